The molecule has 0 aliphatic heterocycles. The summed E-state index contributed by atoms with van der Waals surface area (Å²) in [6, 6.07) is 7.71. The molecular formula is C20H27N5O. The lowest BCUT2D eigenvalue weighted by Gasteiger charge is -2.29. The third-order valence-corrected chi connectivity index (χ3v) is 6.27. The summed E-state index contributed by atoms with van der Waals surface area (Å²) >= 11 is 0. The Kier molecular flexibility index (Phi) is 4.51. The molecule has 2 aromatic rings. The van der Waals surface area contributed by atoms with Gasteiger partial charge in [-0.2, -0.15) is 4.80 Å². The van der Waals surface area contributed by atoms with Gasteiger partial charge in [-0.1, -0.05) is 36.2 Å². The van der Waals surface area contributed by atoms with Crippen molar-refractivity contribution in [1.82, 2.24) is 25.5 Å². The molecule has 1 aromatic heterocycles. The fourth-order valence-electron chi connectivity index (χ4n) is 4.67. The van der Waals surface area contributed by atoms with E-state index in [4.69, 9.17) is 0 Å². The number of fused-ring (bicyclic) bond motifs is 2. The van der Waals surface area contributed by atoms with Crippen LogP contribution in [0, 0.1) is 24.7 Å². The first-order valence-corrected chi connectivity index (χ1v) is 9.68. The molecule has 5 atom stereocenters. The van der Waals surface area contributed by atoms with Crippen molar-refractivity contribution in [2.75, 3.05) is 0 Å². The molecule has 2 aliphatic rings. The van der Waals surface area contributed by atoms with E-state index in [1.807, 2.05) is 38.1 Å². The van der Waals surface area contributed by atoms with Crippen molar-refractivity contribution >= 4 is 5.91 Å². The summed E-state index contributed by atoms with van der Waals surface area (Å²) in [4.78, 5) is 14.1. The van der Waals surface area contributed by atoms with Crippen molar-refractivity contribution in [3.05, 3.63) is 29.8 Å². The van der Waals surface area contributed by atoms with Crippen LogP contribution in [0.1, 0.15) is 51.1 Å². The topological polar surface area (TPSA) is 72.7 Å². The molecule has 0 radical (unpaired) electrons. The van der Waals surface area contributed by atoms with E-state index in [1.54, 1.807) is 0 Å². The van der Waals surface area contributed by atoms with Gasteiger partial charge in [0.2, 0.25) is 11.7 Å². The Morgan fingerprint density at radius 3 is 2.62 bits per heavy atom. The maximum atomic E-state index is 12.7. The zero-order valence-corrected chi connectivity index (χ0v) is 15.7. The summed E-state index contributed by atoms with van der Waals surface area (Å²) in [5.41, 5.74) is 2.09. The summed E-state index contributed by atoms with van der Waals surface area (Å²) in [6.07, 6.45) is 5.32. The van der Waals surface area contributed by atoms with Crippen molar-refractivity contribution in [3.8, 4) is 11.4 Å². The summed E-state index contributed by atoms with van der Waals surface area (Å²) in [6.45, 7) is 6.00. The third kappa shape index (κ3) is 3.24. The molecule has 26 heavy (non-hydrogen) atoms. The Bertz CT molecular complexity index is 784. The number of tetrazole rings is 1. The van der Waals surface area contributed by atoms with E-state index < -0.39 is 6.04 Å². The molecule has 0 spiro atoms. The minimum Gasteiger partial charge on any atom is -0.351 e. The number of rotatable bonds is 5. The second kappa shape index (κ2) is 6.82. The van der Waals surface area contributed by atoms with E-state index in [1.165, 1.54) is 36.0 Å². The Labute approximate surface area is 154 Å². The van der Waals surface area contributed by atoms with Crippen molar-refractivity contribution in [2.24, 2.45) is 17.8 Å². The highest BCUT2D eigenvalue weighted by Crippen LogP contribution is 2.49. The minimum atomic E-state index is -0.470. The van der Waals surface area contributed by atoms with E-state index in [0.717, 1.165) is 17.4 Å². The van der Waals surface area contributed by atoms with Gasteiger partial charge in [0.1, 0.15) is 6.04 Å². The molecule has 6 nitrogen and oxygen atoms in total. The van der Waals surface area contributed by atoms with Crippen LogP contribution in [0.2, 0.25) is 0 Å². The lowest BCUT2D eigenvalue weighted by atomic mass is 9.84. The van der Waals surface area contributed by atoms with E-state index in [-0.39, 0.29) is 11.9 Å². The number of nitrogens with one attached hydrogen (secondary N) is 1. The smallest absolute Gasteiger partial charge is 0.246 e. The van der Waals surface area contributed by atoms with Crippen LogP contribution in [0.4, 0.5) is 0 Å². The maximum Gasteiger partial charge on any atom is 0.246 e. The largest absolute Gasteiger partial charge is 0.351 e. The van der Waals surface area contributed by atoms with Crippen LogP contribution in [0.15, 0.2) is 24.3 Å². The Balaban J connectivity index is 1.40. The van der Waals surface area contributed by atoms with Crippen LogP contribution >= 0.6 is 0 Å². The van der Waals surface area contributed by atoms with Gasteiger partial charge < -0.3 is 5.32 Å². The van der Waals surface area contributed by atoms with Gasteiger partial charge in [0.05, 0.1) is 0 Å². The van der Waals surface area contributed by atoms with Gasteiger partial charge >= 0.3 is 0 Å². The lowest BCUT2D eigenvalue weighted by molar-refractivity contribution is -0.125. The van der Waals surface area contributed by atoms with Gasteiger partial charge in [0.25, 0.3) is 0 Å². The van der Waals surface area contributed by atoms with Crippen molar-refractivity contribution in [3.63, 3.8) is 0 Å². The Hall–Kier alpha value is -2.24. The van der Waals surface area contributed by atoms with E-state index in [0.29, 0.717) is 11.7 Å². The number of aromatic nitrogens is 4. The number of nitrogens with zero attached hydrogens (tertiary/aromatic N) is 4. The minimum absolute atomic E-state index is 0.0341. The van der Waals surface area contributed by atoms with Crippen LogP contribution in [-0.2, 0) is 4.79 Å². The molecule has 2 bridgehead atoms. The predicted octanol–water partition coefficient (Wildman–Crippen LogP) is 3.15. The van der Waals surface area contributed by atoms with Crippen LogP contribution < -0.4 is 5.32 Å². The normalized spacial score (nSPS) is 26.7. The standard InChI is InChI=1S/C20H27N5O/c1-12-4-7-16(8-5-12)19-22-24-25(23-19)14(3)20(26)21-13(2)18-11-15-6-9-17(18)10-15/h4-5,7-8,13-15,17-18H,6,9-11H2,1-3H3,(H,21,26)/t13-,14-,15+,17+,18-/m1/s1. The lowest BCUT2D eigenvalue weighted by Crippen LogP contribution is -2.43. The number of aryl methyl sites for hydroxylation is 1. The molecule has 2 fully saturated rings. The number of hydrogen-bond acceptors (Lipinski definition) is 4. The molecule has 6 heteroatoms. The molecule has 138 valence electrons. The van der Waals surface area contributed by atoms with E-state index in [9.17, 15) is 4.79 Å². The zero-order chi connectivity index (χ0) is 18.3. The van der Waals surface area contributed by atoms with E-state index >= 15 is 0 Å². The van der Waals surface area contributed by atoms with Crippen molar-refractivity contribution in [1.29, 1.82) is 0 Å². The van der Waals surface area contributed by atoms with Crippen LogP contribution in [-0.4, -0.2) is 32.2 Å². The number of benzene rings is 1. The quantitative estimate of drug-likeness (QED) is 0.896. The Morgan fingerprint density at radius 2 is 1.96 bits per heavy atom. The molecule has 0 saturated heterocycles. The molecule has 0 unspecified atom stereocenters. The number of hydrogen-bond donors (Lipinski definition) is 1. The number of carbonyl (C=O) groups excluding carboxylic acids is 1. The van der Waals surface area contributed by atoms with E-state index in [2.05, 4.69) is 27.7 Å². The van der Waals surface area contributed by atoms with Crippen molar-refractivity contribution < 1.29 is 4.79 Å². The molecule has 1 heterocycles. The molecule has 1 amide bonds. The first-order valence-electron chi connectivity index (χ1n) is 9.68. The fraction of sp³-hybridized carbons (Fsp3) is 0.600. The van der Waals surface area contributed by atoms with Crippen LogP contribution in [0.5, 0.6) is 0 Å². The van der Waals surface area contributed by atoms with Gasteiger partial charge in [-0.15, -0.1) is 10.2 Å². The average molecular weight is 353 g/mol. The van der Waals surface area contributed by atoms with Gasteiger partial charge in [-0.3, -0.25) is 4.79 Å². The second-order valence-electron chi connectivity index (χ2n) is 8.11. The third-order valence-electron chi connectivity index (χ3n) is 6.27. The maximum absolute atomic E-state index is 12.7. The van der Waals surface area contributed by atoms with Crippen LogP contribution in [0.3, 0.4) is 0 Å². The highest BCUT2D eigenvalue weighted by molar-refractivity contribution is 5.80. The predicted molar refractivity (Wildman–Crippen MR) is 99.2 cm³/mol. The highest BCUT2D eigenvalue weighted by Gasteiger charge is 2.42. The highest BCUT2D eigenvalue weighted by atomic mass is 16.2. The number of carbonyl (C=O) groups is 1. The molecule has 2 aliphatic carbocycles. The zero-order valence-electron chi connectivity index (χ0n) is 15.7. The molecule has 4 rings (SSSR count). The first-order chi connectivity index (χ1) is 12.5. The first kappa shape index (κ1) is 17.2. The molecule has 2 saturated carbocycles. The van der Waals surface area contributed by atoms with Gasteiger partial charge in [0.15, 0.2) is 0 Å². The van der Waals surface area contributed by atoms with Gasteiger partial charge in [-0.25, -0.2) is 0 Å². The number of amides is 1. The van der Waals surface area contributed by atoms with Gasteiger partial charge in [-0.05, 0) is 63.0 Å². The summed E-state index contributed by atoms with van der Waals surface area (Å²) in [7, 11) is 0. The Morgan fingerprint density at radius 1 is 1.19 bits per heavy atom. The fourth-order valence-corrected chi connectivity index (χ4v) is 4.67. The average Bonchev–Trinajstić information content (AvgIpc) is 3.38. The summed E-state index contributed by atoms with van der Waals surface area (Å²) < 4.78 is 0. The molecule has 1 N–H and O–H groups in total. The summed E-state index contributed by atoms with van der Waals surface area (Å²) in [5.74, 6) is 2.81. The van der Waals surface area contributed by atoms with Crippen LogP contribution in [0.25, 0.3) is 11.4 Å². The monoisotopic (exact) mass is 353 g/mol. The SMILES string of the molecule is Cc1ccc(-c2nnn([C@H](C)C(=O)N[C@H](C)[C@H]3C[C@H]4CC[C@H]3C4)n2)cc1. The second-order valence-corrected chi connectivity index (χ2v) is 8.11. The molecule has 1 aromatic carbocycles. The summed E-state index contributed by atoms with van der Waals surface area (Å²) in [5, 5.41) is 15.8. The van der Waals surface area contributed by atoms with Gasteiger partial charge in [0, 0.05) is 11.6 Å². The van der Waals surface area contributed by atoms with Crippen molar-refractivity contribution in [2.45, 2.75) is 58.5 Å². The molecular weight excluding hydrogens is 326 g/mol.